The summed E-state index contributed by atoms with van der Waals surface area (Å²) in [5, 5.41) is 8.89. The van der Waals surface area contributed by atoms with E-state index < -0.39 is 0 Å². The van der Waals surface area contributed by atoms with Crippen LogP contribution in [-0.2, 0) is 7.05 Å². The molecule has 0 atom stereocenters. The van der Waals surface area contributed by atoms with Crippen molar-refractivity contribution >= 4 is 39.8 Å². The molecule has 3 N–H and O–H groups in total. The first kappa shape index (κ1) is 15.4. The van der Waals surface area contributed by atoms with Gasteiger partial charge in [0.25, 0.3) is 0 Å². The number of nitrogens with one attached hydrogen (secondary N) is 1. The lowest BCUT2D eigenvalue weighted by molar-refractivity contribution is 0.465. The van der Waals surface area contributed by atoms with Crippen LogP contribution in [0, 0.1) is 0 Å². The Morgan fingerprint density at radius 1 is 1.33 bits per heavy atom. The van der Waals surface area contributed by atoms with E-state index in [4.69, 9.17) is 5.73 Å². The molecule has 1 fully saturated rings. The van der Waals surface area contributed by atoms with Gasteiger partial charge in [-0.15, -0.1) is 11.3 Å². The van der Waals surface area contributed by atoms with Crippen LogP contribution in [0.2, 0.25) is 0 Å². The maximum Gasteiger partial charge on any atom is 0.0924 e. The number of aryl methyl sites for hydroxylation is 1. The summed E-state index contributed by atoms with van der Waals surface area (Å²) in [5.74, 6) is 0.632. The van der Waals surface area contributed by atoms with Crippen molar-refractivity contribution in [3.63, 3.8) is 0 Å². The van der Waals surface area contributed by atoms with Gasteiger partial charge in [0.15, 0.2) is 0 Å². The average Bonchev–Trinajstić information content (AvgIpc) is 3.15. The number of rotatable bonds is 3. The molecule has 1 aliphatic rings. The zero-order chi connectivity index (χ0) is 16.5. The summed E-state index contributed by atoms with van der Waals surface area (Å²) in [4.78, 5) is 7.05. The largest absolute Gasteiger partial charge is 0.398 e. The number of aliphatic imine (C=N–C) groups is 1. The monoisotopic (exact) mass is 339 g/mol. The van der Waals surface area contributed by atoms with Crippen LogP contribution in [0.4, 0.5) is 11.4 Å². The zero-order valence-corrected chi connectivity index (χ0v) is 14.5. The molecule has 24 heavy (non-hydrogen) atoms. The van der Waals surface area contributed by atoms with Crippen molar-refractivity contribution in [2.24, 2.45) is 12.0 Å². The maximum absolute atomic E-state index is 6.20. The van der Waals surface area contributed by atoms with E-state index in [-0.39, 0.29) is 0 Å². The van der Waals surface area contributed by atoms with Gasteiger partial charge in [-0.1, -0.05) is 0 Å². The van der Waals surface area contributed by atoms with Crippen LogP contribution in [0.1, 0.15) is 28.5 Å². The number of hydrogen-bond donors (Lipinski definition) is 2. The molecule has 0 spiro atoms. The molecule has 3 heterocycles. The highest BCUT2D eigenvalue weighted by Crippen LogP contribution is 2.34. The Labute approximate surface area is 145 Å². The summed E-state index contributed by atoms with van der Waals surface area (Å²) in [7, 11) is 1.93. The van der Waals surface area contributed by atoms with Gasteiger partial charge in [-0.05, 0) is 56.1 Å². The third-order valence-corrected chi connectivity index (χ3v) is 5.73. The molecule has 1 saturated heterocycles. The molecular weight excluding hydrogens is 318 g/mol. The Kier molecular flexibility index (Phi) is 4.08. The van der Waals surface area contributed by atoms with Gasteiger partial charge >= 0.3 is 0 Å². The lowest BCUT2D eigenvalue weighted by Gasteiger charge is -2.21. The van der Waals surface area contributed by atoms with E-state index in [2.05, 4.69) is 27.5 Å². The minimum Gasteiger partial charge on any atom is -0.398 e. The topological polar surface area (TPSA) is 68.2 Å². The van der Waals surface area contributed by atoms with Gasteiger partial charge in [-0.2, -0.15) is 5.10 Å². The smallest absolute Gasteiger partial charge is 0.0924 e. The van der Waals surface area contributed by atoms with E-state index in [1.54, 1.807) is 11.3 Å². The zero-order valence-electron chi connectivity index (χ0n) is 13.7. The normalized spacial score (nSPS) is 16.4. The Balaban J connectivity index is 1.56. The Morgan fingerprint density at radius 2 is 2.17 bits per heavy atom. The fourth-order valence-electron chi connectivity index (χ4n) is 3.20. The molecule has 6 heteroatoms. The van der Waals surface area contributed by atoms with Crippen molar-refractivity contribution in [1.82, 2.24) is 15.1 Å². The van der Waals surface area contributed by atoms with E-state index in [0.29, 0.717) is 5.92 Å². The van der Waals surface area contributed by atoms with E-state index in [0.717, 1.165) is 40.2 Å². The molecule has 2 aromatic heterocycles. The number of hydrogen-bond acceptors (Lipinski definition) is 5. The van der Waals surface area contributed by atoms with Crippen LogP contribution in [0.3, 0.4) is 0 Å². The summed E-state index contributed by atoms with van der Waals surface area (Å²) in [6.07, 6.45) is 6.27. The van der Waals surface area contributed by atoms with Gasteiger partial charge < -0.3 is 11.1 Å². The molecule has 4 rings (SSSR count). The molecule has 0 saturated carbocycles. The van der Waals surface area contributed by atoms with Crippen molar-refractivity contribution in [2.75, 3.05) is 18.8 Å². The molecule has 0 aliphatic carbocycles. The molecule has 1 aromatic carbocycles. The molecule has 0 amide bonds. The van der Waals surface area contributed by atoms with Crippen LogP contribution in [-0.4, -0.2) is 29.1 Å². The second-order valence-electron chi connectivity index (χ2n) is 6.30. The average molecular weight is 339 g/mol. The van der Waals surface area contributed by atoms with Gasteiger partial charge in [0.2, 0.25) is 0 Å². The van der Waals surface area contributed by atoms with Gasteiger partial charge in [-0.25, -0.2) is 0 Å². The number of nitrogens with two attached hydrogens (primary N) is 1. The molecule has 124 valence electrons. The Hall–Kier alpha value is -2.18. The standard InChI is InChI=1S/C18H21N5S/c1-23-11-13-8-14(2-3-16(13)22-23)21-10-18-15(19)9-17(24-18)12-4-6-20-7-5-12/h2-3,8-12,20H,4-7,19H2,1H3. The predicted octanol–water partition coefficient (Wildman–Crippen LogP) is 3.43. The first-order valence-corrected chi connectivity index (χ1v) is 9.08. The van der Waals surface area contributed by atoms with Crippen LogP contribution in [0.15, 0.2) is 35.5 Å². The lowest BCUT2D eigenvalue weighted by atomic mass is 9.96. The maximum atomic E-state index is 6.20. The fraction of sp³-hybridized carbons (Fsp3) is 0.333. The van der Waals surface area contributed by atoms with Crippen molar-refractivity contribution < 1.29 is 0 Å². The number of piperidine rings is 1. The number of anilines is 1. The van der Waals surface area contributed by atoms with Gasteiger partial charge in [0.1, 0.15) is 0 Å². The predicted molar refractivity (Wildman–Crippen MR) is 102 cm³/mol. The first-order valence-electron chi connectivity index (χ1n) is 8.26. The van der Waals surface area contributed by atoms with Gasteiger partial charge in [-0.3, -0.25) is 9.67 Å². The second-order valence-corrected chi connectivity index (χ2v) is 7.41. The molecule has 0 radical (unpaired) electrons. The van der Waals surface area contributed by atoms with Gasteiger partial charge in [0.05, 0.1) is 21.8 Å². The molecule has 5 nitrogen and oxygen atoms in total. The highest BCUT2D eigenvalue weighted by molar-refractivity contribution is 7.14. The summed E-state index contributed by atoms with van der Waals surface area (Å²) < 4.78 is 1.82. The third kappa shape index (κ3) is 3.07. The number of nitrogens with zero attached hydrogens (tertiary/aromatic N) is 3. The van der Waals surface area contributed by atoms with Crippen molar-refractivity contribution in [3.8, 4) is 0 Å². The van der Waals surface area contributed by atoms with Crippen molar-refractivity contribution in [2.45, 2.75) is 18.8 Å². The molecular formula is C18H21N5S. The number of aromatic nitrogens is 2. The van der Waals surface area contributed by atoms with Crippen molar-refractivity contribution in [1.29, 1.82) is 0 Å². The first-order chi connectivity index (χ1) is 11.7. The number of benzene rings is 1. The third-order valence-electron chi connectivity index (χ3n) is 4.48. The summed E-state index contributed by atoms with van der Waals surface area (Å²) in [5.41, 5.74) is 8.94. The van der Waals surface area contributed by atoms with E-state index in [1.807, 2.05) is 36.3 Å². The fourth-order valence-corrected chi connectivity index (χ4v) is 4.32. The van der Waals surface area contributed by atoms with E-state index in [9.17, 15) is 0 Å². The van der Waals surface area contributed by atoms with Crippen LogP contribution in [0.25, 0.3) is 10.9 Å². The van der Waals surface area contributed by atoms with Crippen LogP contribution < -0.4 is 11.1 Å². The minimum absolute atomic E-state index is 0.632. The highest BCUT2D eigenvalue weighted by Gasteiger charge is 2.18. The van der Waals surface area contributed by atoms with Gasteiger partial charge in [0, 0.05) is 29.7 Å². The Morgan fingerprint density at radius 3 is 3.00 bits per heavy atom. The van der Waals surface area contributed by atoms with E-state index in [1.165, 1.54) is 17.7 Å². The molecule has 1 aliphatic heterocycles. The molecule has 3 aromatic rings. The molecule has 0 unspecified atom stereocenters. The highest BCUT2D eigenvalue weighted by atomic mass is 32.1. The molecule has 0 bridgehead atoms. The lowest BCUT2D eigenvalue weighted by Crippen LogP contribution is -2.26. The van der Waals surface area contributed by atoms with E-state index >= 15 is 0 Å². The van der Waals surface area contributed by atoms with Crippen LogP contribution >= 0.6 is 11.3 Å². The Bertz CT molecular complexity index is 886. The van der Waals surface area contributed by atoms with Crippen LogP contribution in [0.5, 0.6) is 0 Å². The summed E-state index contributed by atoms with van der Waals surface area (Å²) >= 11 is 1.77. The number of fused-ring (bicyclic) bond motifs is 1. The minimum atomic E-state index is 0.632. The summed E-state index contributed by atoms with van der Waals surface area (Å²) in [6.45, 7) is 2.19. The number of nitrogen functional groups attached to an aromatic ring is 1. The number of thiophene rings is 1. The summed E-state index contributed by atoms with van der Waals surface area (Å²) in [6, 6.07) is 8.17. The van der Waals surface area contributed by atoms with Crippen molar-refractivity contribution in [3.05, 3.63) is 40.2 Å². The second kappa shape index (κ2) is 6.37. The SMILES string of the molecule is Cn1cc2cc(N=Cc3sc(C4CCNCC4)cc3N)ccc2n1. The quantitative estimate of drug-likeness (QED) is 0.718.